The minimum absolute atomic E-state index is 0.485. The van der Waals surface area contributed by atoms with Crippen LogP contribution in [0.4, 0.5) is 0 Å². The molecule has 2 aliphatic rings. The molecule has 2 fully saturated rings. The molecule has 0 aromatic heterocycles. The van der Waals surface area contributed by atoms with Crippen LogP contribution in [0.5, 0.6) is 0 Å². The highest BCUT2D eigenvalue weighted by Gasteiger charge is 2.33. The first-order valence-electron chi connectivity index (χ1n) is 6.32. The van der Waals surface area contributed by atoms with Gasteiger partial charge in [-0.3, -0.25) is 0 Å². The summed E-state index contributed by atoms with van der Waals surface area (Å²) in [4.78, 5) is 0. The summed E-state index contributed by atoms with van der Waals surface area (Å²) in [7, 11) is 0. The molecular formula is C13H23Cl. The van der Waals surface area contributed by atoms with Gasteiger partial charge in [0.2, 0.25) is 0 Å². The van der Waals surface area contributed by atoms with Crippen molar-refractivity contribution in [1.82, 2.24) is 0 Å². The van der Waals surface area contributed by atoms with Crippen molar-refractivity contribution in [2.45, 2.75) is 70.1 Å². The quantitative estimate of drug-likeness (QED) is 0.582. The van der Waals surface area contributed by atoms with Gasteiger partial charge in [0.1, 0.15) is 0 Å². The third-order valence-corrected chi connectivity index (χ3v) is 4.71. The number of halogens is 1. The molecule has 2 aliphatic carbocycles. The molecule has 0 nitrogen and oxygen atoms in total. The van der Waals surface area contributed by atoms with E-state index in [0.29, 0.717) is 10.8 Å². The highest BCUT2D eigenvalue weighted by molar-refractivity contribution is 6.20. The Balaban J connectivity index is 1.83. The van der Waals surface area contributed by atoms with Crippen LogP contribution in [0.1, 0.15) is 64.7 Å². The third kappa shape index (κ3) is 2.66. The summed E-state index contributed by atoms with van der Waals surface area (Å²) in [5.74, 6) is 0.939. The van der Waals surface area contributed by atoms with E-state index in [1.165, 1.54) is 57.8 Å². The van der Waals surface area contributed by atoms with Crippen molar-refractivity contribution in [2.75, 3.05) is 0 Å². The molecule has 0 spiro atoms. The Hall–Kier alpha value is 0.290. The van der Waals surface area contributed by atoms with Gasteiger partial charge in [0.15, 0.2) is 0 Å². The maximum Gasteiger partial charge on any atom is 0.0338 e. The second-order valence-electron chi connectivity index (χ2n) is 5.85. The summed E-state index contributed by atoms with van der Waals surface area (Å²) in [5.41, 5.74) is 0.679. The molecular weight excluding hydrogens is 192 g/mol. The number of hydrogen-bond acceptors (Lipinski definition) is 0. The van der Waals surface area contributed by atoms with Gasteiger partial charge in [-0.2, -0.15) is 0 Å². The van der Waals surface area contributed by atoms with Crippen molar-refractivity contribution in [1.29, 1.82) is 0 Å². The van der Waals surface area contributed by atoms with E-state index in [9.17, 15) is 0 Å². The fourth-order valence-corrected chi connectivity index (χ4v) is 3.95. The zero-order valence-electron chi connectivity index (χ0n) is 9.40. The summed E-state index contributed by atoms with van der Waals surface area (Å²) >= 11 is 6.24. The van der Waals surface area contributed by atoms with Crippen molar-refractivity contribution >= 4 is 11.6 Å². The molecule has 0 saturated heterocycles. The average molecular weight is 215 g/mol. The number of hydrogen-bond donors (Lipinski definition) is 0. The van der Waals surface area contributed by atoms with Gasteiger partial charge in [0, 0.05) is 5.38 Å². The van der Waals surface area contributed by atoms with Crippen molar-refractivity contribution in [3.63, 3.8) is 0 Å². The average Bonchev–Trinajstić information content (AvgIpc) is 2.51. The topological polar surface area (TPSA) is 0 Å². The minimum Gasteiger partial charge on any atom is -0.123 e. The first-order chi connectivity index (χ1) is 6.68. The Morgan fingerprint density at radius 2 is 1.86 bits per heavy atom. The highest BCUT2D eigenvalue weighted by atomic mass is 35.5. The van der Waals surface area contributed by atoms with E-state index >= 15 is 0 Å². The summed E-state index contributed by atoms with van der Waals surface area (Å²) in [6, 6.07) is 0. The monoisotopic (exact) mass is 214 g/mol. The predicted octanol–water partition coefficient (Wildman–Crippen LogP) is 4.75. The van der Waals surface area contributed by atoms with E-state index in [0.717, 1.165) is 5.92 Å². The highest BCUT2D eigenvalue weighted by Crippen LogP contribution is 2.45. The molecule has 0 bridgehead atoms. The molecule has 2 rings (SSSR count). The Morgan fingerprint density at radius 3 is 2.50 bits per heavy atom. The summed E-state index contributed by atoms with van der Waals surface area (Å²) < 4.78 is 0. The summed E-state index contributed by atoms with van der Waals surface area (Å²) in [6.45, 7) is 2.50. The summed E-state index contributed by atoms with van der Waals surface area (Å²) in [5, 5.41) is 0.485. The number of alkyl halides is 1. The van der Waals surface area contributed by atoms with Crippen LogP contribution >= 0.6 is 11.6 Å². The van der Waals surface area contributed by atoms with Crippen LogP contribution < -0.4 is 0 Å². The van der Waals surface area contributed by atoms with Gasteiger partial charge in [0.05, 0.1) is 0 Å². The van der Waals surface area contributed by atoms with Gasteiger partial charge in [-0.05, 0) is 43.4 Å². The van der Waals surface area contributed by atoms with Gasteiger partial charge in [-0.1, -0.05) is 32.6 Å². The minimum atomic E-state index is 0.485. The van der Waals surface area contributed by atoms with E-state index < -0.39 is 0 Å². The maximum absolute atomic E-state index is 6.24. The molecule has 0 aromatic rings. The molecule has 2 atom stereocenters. The largest absolute Gasteiger partial charge is 0.123 e. The molecule has 0 N–H and O–H groups in total. The summed E-state index contributed by atoms with van der Waals surface area (Å²) in [6.07, 6.45) is 12.7. The van der Waals surface area contributed by atoms with E-state index in [-0.39, 0.29) is 0 Å². The molecule has 0 radical (unpaired) electrons. The fourth-order valence-electron chi connectivity index (χ4n) is 3.54. The van der Waals surface area contributed by atoms with E-state index in [1.807, 2.05) is 0 Å². The van der Waals surface area contributed by atoms with Gasteiger partial charge in [-0.25, -0.2) is 0 Å². The SMILES string of the molecule is CC1(CC2CCCC(Cl)C2)CCCC1. The van der Waals surface area contributed by atoms with Gasteiger partial charge in [0.25, 0.3) is 0 Å². The van der Waals surface area contributed by atoms with Crippen LogP contribution in [0.15, 0.2) is 0 Å². The fraction of sp³-hybridized carbons (Fsp3) is 1.00. The molecule has 1 heteroatoms. The second-order valence-corrected chi connectivity index (χ2v) is 6.47. The van der Waals surface area contributed by atoms with E-state index in [1.54, 1.807) is 0 Å². The lowest BCUT2D eigenvalue weighted by Crippen LogP contribution is -2.22. The Bertz CT molecular complexity index is 182. The Kier molecular flexibility index (Phi) is 3.42. The molecule has 0 heterocycles. The van der Waals surface area contributed by atoms with E-state index in [2.05, 4.69) is 6.92 Å². The Morgan fingerprint density at radius 1 is 1.14 bits per heavy atom. The lowest BCUT2D eigenvalue weighted by atomic mass is 9.74. The zero-order valence-corrected chi connectivity index (χ0v) is 10.2. The molecule has 2 saturated carbocycles. The van der Waals surface area contributed by atoms with Crippen LogP contribution in [0.3, 0.4) is 0 Å². The predicted molar refractivity (Wildman–Crippen MR) is 62.8 cm³/mol. The Labute approximate surface area is 93.4 Å². The molecule has 14 heavy (non-hydrogen) atoms. The third-order valence-electron chi connectivity index (χ3n) is 4.31. The molecule has 2 unspecified atom stereocenters. The van der Waals surface area contributed by atoms with Crippen molar-refractivity contribution in [3.05, 3.63) is 0 Å². The van der Waals surface area contributed by atoms with Crippen molar-refractivity contribution in [3.8, 4) is 0 Å². The van der Waals surface area contributed by atoms with Gasteiger partial charge in [-0.15, -0.1) is 11.6 Å². The maximum atomic E-state index is 6.24. The molecule has 0 amide bonds. The lowest BCUT2D eigenvalue weighted by Gasteiger charge is -2.33. The second kappa shape index (κ2) is 4.43. The zero-order chi connectivity index (χ0) is 10.0. The van der Waals surface area contributed by atoms with Crippen LogP contribution in [0.25, 0.3) is 0 Å². The first-order valence-corrected chi connectivity index (χ1v) is 6.76. The lowest BCUT2D eigenvalue weighted by molar-refractivity contribution is 0.209. The molecule has 82 valence electrons. The van der Waals surface area contributed by atoms with Crippen molar-refractivity contribution in [2.24, 2.45) is 11.3 Å². The molecule has 0 aromatic carbocycles. The standard InChI is InChI=1S/C13H23Cl/c1-13(7-2-3-8-13)10-11-5-4-6-12(14)9-11/h11-12H,2-10H2,1H3. The number of rotatable bonds is 2. The first kappa shape index (κ1) is 10.8. The van der Waals surface area contributed by atoms with Gasteiger partial charge >= 0.3 is 0 Å². The van der Waals surface area contributed by atoms with Crippen LogP contribution in [0, 0.1) is 11.3 Å². The van der Waals surface area contributed by atoms with Gasteiger partial charge < -0.3 is 0 Å². The normalized spacial score (nSPS) is 37.3. The van der Waals surface area contributed by atoms with Crippen LogP contribution in [-0.4, -0.2) is 5.38 Å². The van der Waals surface area contributed by atoms with Crippen molar-refractivity contribution < 1.29 is 0 Å². The van der Waals surface area contributed by atoms with E-state index in [4.69, 9.17) is 11.6 Å². The van der Waals surface area contributed by atoms with Crippen LogP contribution in [-0.2, 0) is 0 Å². The van der Waals surface area contributed by atoms with Crippen LogP contribution in [0.2, 0.25) is 0 Å². The smallest absolute Gasteiger partial charge is 0.0338 e. The molecule has 0 aliphatic heterocycles.